The van der Waals surface area contributed by atoms with Gasteiger partial charge >= 0.3 is 0 Å². The van der Waals surface area contributed by atoms with Gasteiger partial charge in [-0.2, -0.15) is 0 Å². The summed E-state index contributed by atoms with van der Waals surface area (Å²) in [7, 11) is 3.46. The molecule has 3 nitrogen and oxygen atoms in total. The van der Waals surface area contributed by atoms with E-state index in [4.69, 9.17) is 0 Å². The van der Waals surface area contributed by atoms with Crippen LogP contribution in [0.5, 0.6) is 0 Å². The summed E-state index contributed by atoms with van der Waals surface area (Å²) in [4.78, 5) is 13.0. The van der Waals surface area contributed by atoms with Gasteiger partial charge in [-0.3, -0.25) is 4.79 Å². The zero-order chi connectivity index (χ0) is 14.4. The monoisotopic (exact) mass is 263 g/mol. The fraction of sp³-hybridized carbons (Fsp3) is 0.562. The standard InChI is InChI=1S/C16H25NO2/c1-12(2)11-13-5-7-14(8-6-13)15(18)9-10-16(19)17(3)4/h5-8,12,15,18H,9-11H2,1-4H3. The number of hydrogen-bond donors (Lipinski definition) is 1. The molecule has 0 fully saturated rings. The molecule has 0 bridgehead atoms. The topological polar surface area (TPSA) is 40.5 Å². The van der Waals surface area contributed by atoms with Gasteiger partial charge in [-0.1, -0.05) is 38.1 Å². The molecule has 0 aliphatic carbocycles. The van der Waals surface area contributed by atoms with Crippen molar-refractivity contribution in [3.05, 3.63) is 35.4 Å². The van der Waals surface area contributed by atoms with Gasteiger partial charge in [0.1, 0.15) is 0 Å². The molecule has 1 unspecified atom stereocenters. The van der Waals surface area contributed by atoms with Crippen molar-refractivity contribution in [1.29, 1.82) is 0 Å². The summed E-state index contributed by atoms with van der Waals surface area (Å²) >= 11 is 0. The quantitative estimate of drug-likeness (QED) is 0.857. The molecule has 1 amide bonds. The fourth-order valence-corrected chi connectivity index (χ4v) is 2.00. The summed E-state index contributed by atoms with van der Waals surface area (Å²) in [5.41, 5.74) is 2.18. The van der Waals surface area contributed by atoms with Crippen LogP contribution in [0.2, 0.25) is 0 Å². The summed E-state index contributed by atoms with van der Waals surface area (Å²) in [6, 6.07) is 8.05. The van der Waals surface area contributed by atoms with Crippen LogP contribution in [-0.4, -0.2) is 30.0 Å². The first-order valence-electron chi connectivity index (χ1n) is 6.87. The van der Waals surface area contributed by atoms with E-state index in [9.17, 15) is 9.90 Å². The van der Waals surface area contributed by atoms with Gasteiger partial charge in [0.15, 0.2) is 0 Å². The second-order valence-corrected chi connectivity index (χ2v) is 5.68. The second-order valence-electron chi connectivity index (χ2n) is 5.68. The molecule has 1 rings (SSSR count). The van der Waals surface area contributed by atoms with Gasteiger partial charge in [-0.05, 0) is 29.9 Å². The van der Waals surface area contributed by atoms with Crippen LogP contribution in [0.15, 0.2) is 24.3 Å². The average Bonchev–Trinajstić information content (AvgIpc) is 2.35. The van der Waals surface area contributed by atoms with Crippen molar-refractivity contribution >= 4 is 5.91 Å². The van der Waals surface area contributed by atoms with Gasteiger partial charge in [0.2, 0.25) is 5.91 Å². The Labute approximate surface area is 116 Å². The minimum atomic E-state index is -0.558. The third-order valence-corrected chi connectivity index (χ3v) is 3.14. The van der Waals surface area contributed by atoms with E-state index in [2.05, 4.69) is 26.0 Å². The molecule has 0 heterocycles. The van der Waals surface area contributed by atoms with E-state index in [0.29, 0.717) is 18.8 Å². The smallest absolute Gasteiger partial charge is 0.222 e. The molecule has 0 spiro atoms. The number of aliphatic hydroxyl groups is 1. The van der Waals surface area contributed by atoms with Crippen molar-refractivity contribution in [3.8, 4) is 0 Å². The van der Waals surface area contributed by atoms with Crippen molar-refractivity contribution in [2.24, 2.45) is 5.92 Å². The largest absolute Gasteiger partial charge is 0.388 e. The SMILES string of the molecule is CC(C)Cc1ccc(C(O)CCC(=O)N(C)C)cc1. The van der Waals surface area contributed by atoms with Gasteiger partial charge in [-0.25, -0.2) is 0 Å². The van der Waals surface area contributed by atoms with E-state index in [1.807, 2.05) is 12.1 Å². The Balaban J connectivity index is 2.53. The van der Waals surface area contributed by atoms with Crippen molar-refractivity contribution in [1.82, 2.24) is 4.90 Å². The first-order chi connectivity index (χ1) is 8.90. The number of nitrogens with zero attached hydrogens (tertiary/aromatic N) is 1. The highest BCUT2D eigenvalue weighted by molar-refractivity contribution is 5.75. The molecule has 19 heavy (non-hydrogen) atoms. The zero-order valence-electron chi connectivity index (χ0n) is 12.4. The first-order valence-corrected chi connectivity index (χ1v) is 6.87. The molecule has 0 saturated heterocycles. The van der Waals surface area contributed by atoms with Gasteiger partial charge < -0.3 is 10.0 Å². The highest BCUT2D eigenvalue weighted by atomic mass is 16.3. The molecule has 0 aliphatic heterocycles. The van der Waals surface area contributed by atoms with Gasteiger partial charge in [0.25, 0.3) is 0 Å². The van der Waals surface area contributed by atoms with Crippen LogP contribution in [0.25, 0.3) is 0 Å². The molecule has 0 aliphatic rings. The minimum Gasteiger partial charge on any atom is -0.388 e. The van der Waals surface area contributed by atoms with Crippen LogP contribution in [-0.2, 0) is 11.2 Å². The number of rotatable bonds is 6. The molecule has 1 N–H and O–H groups in total. The fourth-order valence-electron chi connectivity index (χ4n) is 2.00. The number of benzene rings is 1. The summed E-state index contributed by atoms with van der Waals surface area (Å²) in [6.45, 7) is 4.38. The Morgan fingerprint density at radius 1 is 1.21 bits per heavy atom. The maximum atomic E-state index is 11.5. The molecule has 1 aromatic carbocycles. The third-order valence-electron chi connectivity index (χ3n) is 3.14. The Hall–Kier alpha value is -1.35. The molecule has 1 atom stereocenters. The normalized spacial score (nSPS) is 12.5. The summed E-state index contributed by atoms with van der Waals surface area (Å²) in [5, 5.41) is 10.1. The second kappa shape index (κ2) is 7.29. The lowest BCUT2D eigenvalue weighted by Gasteiger charge is -2.14. The lowest BCUT2D eigenvalue weighted by molar-refractivity contribution is -0.129. The lowest BCUT2D eigenvalue weighted by Crippen LogP contribution is -2.21. The predicted octanol–water partition coefficient (Wildman–Crippen LogP) is 2.79. The molecule has 1 aromatic rings. The van der Waals surface area contributed by atoms with E-state index >= 15 is 0 Å². The van der Waals surface area contributed by atoms with Crippen molar-refractivity contribution < 1.29 is 9.90 Å². The molecule has 0 saturated carbocycles. The van der Waals surface area contributed by atoms with Crippen LogP contribution in [0.3, 0.4) is 0 Å². The average molecular weight is 263 g/mol. The molecule has 3 heteroatoms. The maximum Gasteiger partial charge on any atom is 0.222 e. The lowest BCUT2D eigenvalue weighted by atomic mass is 9.99. The molecular weight excluding hydrogens is 238 g/mol. The summed E-state index contributed by atoms with van der Waals surface area (Å²) < 4.78 is 0. The van der Waals surface area contributed by atoms with Crippen molar-refractivity contribution in [3.63, 3.8) is 0 Å². The summed E-state index contributed by atoms with van der Waals surface area (Å²) in [6.07, 6.45) is 1.34. The van der Waals surface area contributed by atoms with Gasteiger partial charge in [0.05, 0.1) is 6.10 Å². The number of aliphatic hydroxyl groups excluding tert-OH is 1. The number of carbonyl (C=O) groups excluding carboxylic acids is 1. The van der Waals surface area contributed by atoms with Crippen LogP contribution < -0.4 is 0 Å². The molecule has 0 radical (unpaired) electrons. The van der Waals surface area contributed by atoms with E-state index in [1.165, 1.54) is 5.56 Å². The van der Waals surface area contributed by atoms with Crippen molar-refractivity contribution in [2.45, 2.75) is 39.2 Å². The number of hydrogen-bond acceptors (Lipinski definition) is 2. The van der Waals surface area contributed by atoms with Crippen LogP contribution in [0.4, 0.5) is 0 Å². The van der Waals surface area contributed by atoms with Crippen LogP contribution >= 0.6 is 0 Å². The van der Waals surface area contributed by atoms with Gasteiger partial charge in [-0.15, -0.1) is 0 Å². The highest BCUT2D eigenvalue weighted by Crippen LogP contribution is 2.20. The molecular formula is C16H25NO2. The number of amides is 1. The zero-order valence-corrected chi connectivity index (χ0v) is 12.4. The third kappa shape index (κ3) is 5.43. The van der Waals surface area contributed by atoms with Crippen LogP contribution in [0, 0.1) is 5.92 Å². The predicted molar refractivity (Wildman–Crippen MR) is 77.9 cm³/mol. The van der Waals surface area contributed by atoms with E-state index < -0.39 is 6.10 Å². The van der Waals surface area contributed by atoms with Crippen LogP contribution in [0.1, 0.15) is 43.9 Å². The Bertz CT molecular complexity index is 396. The summed E-state index contributed by atoms with van der Waals surface area (Å²) in [5.74, 6) is 0.684. The Morgan fingerprint density at radius 2 is 1.79 bits per heavy atom. The van der Waals surface area contributed by atoms with E-state index in [0.717, 1.165) is 12.0 Å². The number of carbonyl (C=O) groups is 1. The van der Waals surface area contributed by atoms with Gasteiger partial charge in [0, 0.05) is 20.5 Å². The molecule has 0 aromatic heterocycles. The maximum absolute atomic E-state index is 11.5. The minimum absolute atomic E-state index is 0.0514. The van der Waals surface area contributed by atoms with E-state index in [-0.39, 0.29) is 5.91 Å². The molecule has 106 valence electrons. The highest BCUT2D eigenvalue weighted by Gasteiger charge is 2.11. The Morgan fingerprint density at radius 3 is 2.26 bits per heavy atom. The van der Waals surface area contributed by atoms with E-state index in [1.54, 1.807) is 19.0 Å². The Kier molecular flexibility index (Phi) is 6.03. The van der Waals surface area contributed by atoms with Crippen molar-refractivity contribution in [2.75, 3.05) is 14.1 Å². The first kappa shape index (κ1) is 15.7.